The first kappa shape index (κ1) is 15.8. The first-order chi connectivity index (χ1) is 9.72. The number of anilines is 1. The summed E-state index contributed by atoms with van der Waals surface area (Å²) < 4.78 is 27.1. The SMILES string of the molecule is Cc1ccc(NS(=O)(=O)c2c(C)csc2C(=O)O)cc1Cl. The van der Waals surface area contributed by atoms with E-state index in [2.05, 4.69) is 4.72 Å². The van der Waals surface area contributed by atoms with Gasteiger partial charge in [0.1, 0.15) is 9.77 Å². The minimum atomic E-state index is -3.99. The molecule has 0 radical (unpaired) electrons. The lowest BCUT2D eigenvalue weighted by Gasteiger charge is -2.10. The number of sulfonamides is 1. The summed E-state index contributed by atoms with van der Waals surface area (Å²) in [6.45, 7) is 3.35. The molecule has 0 fully saturated rings. The number of benzene rings is 1. The molecule has 0 aliphatic carbocycles. The molecule has 0 atom stereocenters. The molecule has 0 amide bonds. The Morgan fingerprint density at radius 3 is 2.52 bits per heavy atom. The molecule has 0 saturated heterocycles. The lowest BCUT2D eigenvalue weighted by molar-refractivity contribution is 0.0698. The van der Waals surface area contributed by atoms with Crippen LogP contribution in [0.5, 0.6) is 0 Å². The minimum Gasteiger partial charge on any atom is -0.477 e. The lowest BCUT2D eigenvalue weighted by atomic mass is 10.2. The Kier molecular flexibility index (Phi) is 4.27. The standard InChI is InChI=1S/C13H12ClNO4S2/c1-7-3-4-9(5-10(7)14)15-21(18,19)12-8(2)6-20-11(12)13(16)17/h3-6,15H,1-2H3,(H,16,17). The molecule has 0 saturated carbocycles. The first-order valence-electron chi connectivity index (χ1n) is 5.82. The second kappa shape index (κ2) is 5.67. The summed E-state index contributed by atoms with van der Waals surface area (Å²) in [4.78, 5) is 10.7. The maximum atomic E-state index is 12.4. The summed E-state index contributed by atoms with van der Waals surface area (Å²) in [6, 6.07) is 4.73. The predicted molar refractivity (Wildman–Crippen MR) is 83.0 cm³/mol. The molecular formula is C13H12ClNO4S2. The van der Waals surface area contributed by atoms with Gasteiger partial charge in [-0.05, 0) is 42.5 Å². The van der Waals surface area contributed by atoms with Crippen molar-refractivity contribution in [2.45, 2.75) is 18.7 Å². The van der Waals surface area contributed by atoms with Crippen molar-refractivity contribution in [3.05, 3.63) is 44.6 Å². The summed E-state index contributed by atoms with van der Waals surface area (Å²) in [5.41, 5.74) is 1.49. The molecule has 0 aliphatic heterocycles. The van der Waals surface area contributed by atoms with Crippen molar-refractivity contribution in [3.63, 3.8) is 0 Å². The van der Waals surface area contributed by atoms with Crippen molar-refractivity contribution < 1.29 is 18.3 Å². The van der Waals surface area contributed by atoms with Crippen LogP contribution in [0.4, 0.5) is 5.69 Å². The molecule has 1 aromatic carbocycles. The van der Waals surface area contributed by atoms with E-state index in [4.69, 9.17) is 16.7 Å². The number of hydrogen-bond acceptors (Lipinski definition) is 4. The smallest absolute Gasteiger partial charge is 0.347 e. The van der Waals surface area contributed by atoms with E-state index in [0.29, 0.717) is 10.6 Å². The first-order valence-corrected chi connectivity index (χ1v) is 8.57. The number of carboxylic acid groups (broad SMARTS) is 1. The topological polar surface area (TPSA) is 83.5 Å². The second-order valence-corrected chi connectivity index (χ2v) is 7.36. The Morgan fingerprint density at radius 2 is 1.95 bits per heavy atom. The van der Waals surface area contributed by atoms with Crippen LogP contribution in [0.3, 0.4) is 0 Å². The lowest BCUT2D eigenvalue weighted by Crippen LogP contribution is -2.16. The summed E-state index contributed by atoms with van der Waals surface area (Å²) in [5.74, 6) is -1.27. The fraction of sp³-hybridized carbons (Fsp3) is 0.154. The molecule has 0 aliphatic rings. The third-order valence-corrected chi connectivity index (χ3v) is 6.00. The Bertz CT molecular complexity index is 812. The van der Waals surface area contributed by atoms with E-state index >= 15 is 0 Å². The molecule has 2 N–H and O–H groups in total. The fourth-order valence-electron chi connectivity index (χ4n) is 1.78. The van der Waals surface area contributed by atoms with Crippen molar-refractivity contribution in [2.24, 2.45) is 0 Å². The normalized spacial score (nSPS) is 11.4. The highest BCUT2D eigenvalue weighted by molar-refractivity contribution is 7.93. The van der Waals surface area contributed by atoms with Gasteiger partial charge in [0, 0.05) is 5.02 Å². The molecule has 21 heavy (non-hydrogen) atoms. The van der Waals surface area contributed by atoms with Crippen LogP contribution in [-0.4, -0.2) is 19.5 Å². The highest BCUT2D eigenvalue weighted by atomic mass is 35.5. The van der Waals surface area contributed by atoms with Gasteiger partial charge >= 0.3 is 5.97 Å². The van der Waals surface area contributed by atoms with Crippen molar-refractivity contribution in [1.82, 2.24) is 0 Å². The maximum Gasteiger partial charge on any atom is 0.347 e. The number of carbonyl (C=O) groups is 1. The average molecular weight is 346 g/mol. The van der Waals surface area contributed by atoms with E-state index in [9.17, 15) is 13.2 Å². The molecule has 8 heteroatoms. The highest BCUT2D eigenvalue weighted by Crippen LogP contribution is 2.29. The third kappa shape index (κ3) is 3.20. The molecule has 0 bridgehead atoms. The fourth-order valence-corrected chi connectivity index (χ4v) is 4.64. The van der Waals surface area contributed by atoms with Gasteiger partial charge < -0.3 is 5.11 Å². The van der Waals surface area contributed by atoms with Crippen LogP contribution in [-0.2, 0) is 10.0 Å². The molecule has 2 aromatic rings. The number of aromatic carboxylic acids is 1. The van der Waals surface area contributed by atoms with Gasteiger partial charge in [-0.15, -0.1) is 11.3 Å². The van der Waals surface area contributed by atoms with Crippen LogP contribution in [0.2, 0.25) is 5.02 Å². The zero-order valence-electron chi connectivity index (χ0n) is 11.2. The van der Waals surface area contributed by atoms with Crippen molar-refractivity contribution in [2.75, 3.05) is 4.72 Å². The molecule has 112 valence electrons. The molecule has 0 unspecified atom stereocenters. The van der Waals surface area contributed by atoms with Crippen LogP contribution in [0, 0.1) is 13.8 Å². The van der Waals surface area contributed by atoms with Gasteiger partial charge in [0.15, 0.2) is 0 Å². The summed E-state index contributed by atoms with van der Waals surface area (Å²) in [7, 11) is -3.99. The number of rotatable bonds is 4. The zero-order chi connectivity index (χ0) is 15.8. The largest absolute Gasteiger partial charge is 0.477 e. The van der Waals surface area contributed by atoms with Gasteiger partial charge in [0.2, 0.25) is 0 Å². The monoisotopic (exact) mass is 345 g/mol. The average Bonchev–Trinajstić information content (AvgIpc) is 2.76. The summed E-state index contributed by atoms with van der Waals surface area (Å²) in [5, 5.41) is 11.0. The van der Waals surface area contributed by atoms with Gasteiger partial charge in [-0.25, -0.2) is 13.2 Å². The Labute approximate surface area is 131 Å². The third-order valence-electron chi connectivity index (χ3n) is 2.80. The second-order valence-electron chi connectivity index (χ2n) is 4.45. The van der Waals surface area contributed by atoms with Crippen molar-refractivity contribution in [1.29, 1.82) is 0 Å². The Balaban J connectivity index is 2.45. The number of carboxylic acids is 1. The van der Waals surface area contributed by atoms with E-state index < -0.39 is 16.0 Å². The zero-order valence-corrected chi connectivity index (χ0v) is 13.6. The predicted octanol–water partition coefficient (Wildman–Crippen LogP) is 3.52. The van der Waals surface area contributed by atoms with E-state index in [1.807, 2.05) is 0 Å². The maximum absolute atomic E-state index is 12.4. The Hall–Kier alpha value is -1.57. The minimum absolute atomic E-state index is 0.210. The number of hydrogen-bond donors (Lipinski definition) is 2. The summed E-state index contributed by atoms with van der Waals surface area (Å²) >= 11 is 6.84. The van der Waals surface area contributed by atoms with E-state index in [-0.39, 0.29) is 15.5 Å². The van der Waals surface area contributed by atoms with E-state index in [0.717, 1.165) is 16.9 Å². The van der Waals surface area contributed by atoms with Crippen LogP contribution in [0.15, 0.2) is 28.5 Å². The molecule has 2 rings (SSSR count). The van der Waals surface area contributed by atoms with Crippen molar-refractivity contribution >= 4 is 44.6 Å². The Morgan fingerprint density at radius 1 is 1.29 bits per heavy atom. The van der Waals surface area contributed by atoms with Gasteiger partial charge in [0.05, 0.1) is 5.69 Å². The van der Waals surface area contributed by atoms with Crippen LogP contribution in [0.1, 0.15) is 20.8 Å². The van der Waals surface area contributed by atoms with Gasteiger partial charge in [-0.1, -0.05) is 17.7 Å². The molecule has 5 nitrogen and oxygen atoms in total. The molecule has 1 heterocycles. The van der Waals surface area contributed by atoms with Crippen LogP contribution >= 0.6 is 22.9 Å². The van der Waals surface area contributed by atoms with Crippen LogP contribution in [0.25, 0.3) is 0 Å². The van der Waals surface area contributed by atoms with E-state index in [1.54, 1.807) is 26.0 Å². The quantitative estimate of drug-likeness (QED) is 0.888. The number of aryl methyl sites for hydroxylation is 2. The molecular weight excluding hydrogens is 334 g/mol. The van der Waals surface area contributed by atoms with E-state index in [1.165, 1.54) is 11.4 Å². The summed E-state index contributed by atoms with van der Waals surface area (Å²) in [6.07, 6.45) is 0. The number of halogens is 1. The van der Waals surface area contributed by atoms with Crippen molar-refractivity contribution in [3.8, 4) is 0 Å². The molecule has 0 spiro atoms. The number of thiophene rings is 1. The number of nitrogens with one attached hydrogen (secondary N) is 1. The highest BCUT2D eigenvalue weighted by Gasteiger charge is 2.26. The van der Waals surface area contributed by atoms with Gasteiger partial charge in [-0.3, -0.25) is 4.72 Å². The molecule has 1 aromatic heterocycles. The van der Waals surface area contributed by atoms with Gasteiger partial charge in [0.25, 0.3) is 10.0 Å². The van der Waals surface area contributed by atoms with Crippen LogP contribution < -0.4 is 4.72 Å². The van der Waals surface area contributed by atoms with Gasteiger partial charge in [-0.2, -0.15) is 0 Å².